The van der Waals surface area contributed by atoms with Crippen molar-refractivity contribution in [3.05, 3.63) is 83.7 Å². The summed E-state index contributed by atoms with van der Waals surface area (Å²) < 4.78 is 61.1. The molecule has 0 aliphatic rings. The van der Waals surface area contributed by atoms with Crippen LogP contribution in [0, 0.1) is 0 Å². The molecule has 14 nitrogen and oxygen atoms in total. The van der Waals surface area contributed by atoms with Crippen molar-refractivity contribution in [3.8, 4) is 11.5 Å². The molecule has 0 aliphatic heterocycles. The quantitative estimate of drug-likeness (QED) is 0.168. The van der Waals surface area contributed by atoms with Crippen molar-refractivity contribution in [1.29, 1.82) is 0 Å². The molecular formula is C27H27FN8O6S. The average Bonchev–Trinajstić information content (AvgIpc) is 3.76. The number of carbonyl (C=O) groups excluding carboxylic acids is 1. The van der Waals surface area contributed by atoms with Crippen molar-refractivity contribution in [1.82, 2.24) is 35.7 Å². The number of fused-ring (bicyclic) bond motifs is 1. The Labute approximate surface area is 244 Å². The molecule has 43 heavy (non-hydrogen) atoms. The first-order valence-corrected chi connectivity index (χ1v) is 14.4. The van der Waals surface area contributed by atoms with E-state index in [0.29, 0.717) is 34.4 Å². The maximum absolute atomic E-state index is 13.6. The van der Waals surface area contributed by atoms with Crippen LogP contribution in [0.4, 0.5) is 10.2 Å². The van der Waals surface area contributed by atoms with E-state index in [2.05, 4.69) is 42.3 Å². The van der Waals surface area contributed by atoms with Crippen molar-refractivity contribution in [2.45, 2.75) is 37.9 Å². The first kappa shape index (κ1) is 29.2. The van der Waals surface area contributed by atoms with E-state index >= 15 is 0 Å². The standard InChI is InChI=1S/C27H27FN8O6S/c1-4-17-5-6-21(41-15-20-12-30-35-32-20)24(9-17)43(38,39)34-26-25-22(40-3)7-18(8-23(25)42-33-26)13-36-14-19(11-31-36)10-29-27(37)16(2)28/h5-9,11-12,14H,2,4,10,13,15H2,1,3H3,(H,29,37)(H,33,34)(H,30,32,35). The Morgan fingerprint density at radius 2 is 2.00 bits per heavy atom. The molecule has 0 radical (unpaired) electrons. The molecule has 0 saturated heterocycles. The molecule has 5 rings (SSSR count). The number of H-pyrrole nitrogens is 1. The van der Waals surface area contributed by atoms with Gasteiger partial charge in [-0.3, -0.25) is 14.2 Å². The van der Waals surface area contributed by atoms with Gasteiger partial charge in [-0.05, 0) is 41.8 Å². The minimum atomic E-state index is -4.20. The molecule has 0 aliphatic carbocycles. The van der Waals surface area contributed by atoms with E-state index < -0.39 is 21.8 Å². The third kappa shape index (κ3) is 6.64. The van der Waals surface area contributed by atoms with Crippen LogP contribution < -0.4 is 19.5 Å². The fourth-order valence-corrected chi connectivity index (χ4v) is 5.39. The summed E-state index contributed by atoms with van der Waals surface area (Å²) in [5.41, 5.74) is 2.93. The van der Waals surface area contributed by atoms with E-state index in [1.807, 2.05) is 6.92 Å². The third-order valence-corrected chi connectivity index (χ3v) is 7.69. The van der Waals surface area contributed by atoms with Crippen LogP contribution in [0.1, 0.15) is 29.3 Å². The molecule has 224 valence electrons. The fraction of sp³-hybridized carbons (Fsp3) is 0.222. The predicted octanol–water partition coefficient (Wildman–Crippen LogP) is 3.24. The van der Waals surface area contributed by atoms with Gasteiger partial charge >= 0.3 is 0 Å². The highest BCUT2D eigenvalue weighted by Crippen LogP contribution is 2.36. The molecule has 0 fully saturated rings. The largest absolute Gasteiger partial charge is 0.496 e. The van der Waals surface area contributed by atoms with Crippen molar-refractivity contribution in [2.24, 2.45) is 0 Å². The molecule has 3 heterocycles. The topological polar surface area (TPSA) is 179 Å². The zero-order valence-electron chi connectivity index (χ0n) is 23.1. The van der Waals surface area contributed by atoms with Crippen molar-refractivity contribution < 1.29 is 31.6 Å². The summed E-state index contributed by atoms with van der Waals surface area (Å²) in [7, 11) is -2.75. The van der Waals surface area contributed by atoms with Gasteiger partial charge in [-0.25, -0.2) is 12.8 Å². The number of nitrogens with one attached hydrogen (secondary N) is 3. The number of aryl methyl sites for hydroxylation is 1. The van der Waals surface area contributed by atoms with Crippen LogP contribution >= 0.6 is 0 Å². The number of nitrogens with zero attached hydrogens (tertiary/aromatic N) is 5. The summed E-state index contributed by atoms with van der Waals surface area (Å²) in [6.45, 7) is 5.24. The number of methoxy groups -OCH3 is 1. The molecule has 0 saturated carbocycles. The predicted molar refractivity (Wildman–Crippen MR) is 151 cm³/mol. The lowest BCUT2D eigenvalue weighted by molar-refractivity contribution is -0.119. The van der Waals surface area contributed by atoms with E-state index in [1.54, 1.807) is 35.1 Å². The zero-order valence-corrected chi connectivity index (χ0v) is 23.9. The second-order valence-electron chi connectivity index (χ2n) is 9.33. The summed E-state index contributed by atoms with van der Waals surface area (Å²) in [6, 6.07) is 8.30. The SMILES string of the molecule is C=C(F)C(=O)NCc1cnn(Cc2cc(OC)c3c(NS(=O)(=O)c4cc(CC)ccc4OCc4cn[nH]n4)noc3c2)c1. The second-order valence-corrected chi connectivity index (χ2v) is 11.0. The van der Waals surface area contributed by atoms with Gasteiger partial charge in [0.05, 0.1) is 26.0 Å². The summed E-state index contributed by atoms with van der Waals surface area (Å²) in [5, 5.41) is 21.1. The molecule has 0 bridgehead atoms. The lowest BCUT2D eigenvalue weighted by atomic mass is 10.1. The number of hydrogen-bond acceptors (Lipinski definition) is 10. The van der Waals surface area contributed by atoms with E-state index in [1.165, 1.54) is 25.6 Å². The van der Waals surface area contributed by atoms with Gasteiger partial charge in [0.2, 0.25) is 0 Å². The molecule has 16 heteroatoms. The van der Waals surface area contributed by atoms with Gasteiger partial charge in [0.15, 0.2) is 17.2 Å². The molecule has 1 amide bonds. The van der Waals surface area contributed by atoms with Crippen LogP contribution in [0.3, 0.4) is 0 Å². The summed E-state index contributed by atoms with van der Waals surface area (Å²) >= 11 is 0. The lowest BCUT2D eigenvalue weighted by Gasteiger charge is -2.13. The highest BCUT2D eigenvalue weighted by Gasteiger charge is 2.25. The lowest BCUT2D eigenvalue weighted by Crippen LogP contribution is -2.22. The van der Waals surface area contributed by atoms with Crippen LogP contribution in [0.5, 0.6) is 11.5 Å². The number of benzene rings is 2. The molecule has 3 N–H and O–H groups in total. The number of anilines is 1. The van der Waals surface area contributed by atoms with E-state index in [0.717, 1.165) is 5.56 Å². The van der Waals surface area contributed by atoms with Crippen molar-refractivity contribution in [3.63, 3.8) is 0 Å². The molecule has 0 atom stereocenters. The maximum atomic E-state index is 13.6. The molecule has 3 aromatic heterocycles. The zero-order chi connectivity index (χ0) is 30.6. The van der Waals surface area contributed by atoms with Gasteiger partial charge in [0.1, 0.15) is 34.1 Å². The summed E-state index contributed by atoms with van der Waals surface area (Å²) in [4.78, 5) is 11.3. The normalized spacial score (nSPS) is 11.4. The minimum Gasteiger partial charge on any atom is -0.496 e. The summed E-state index contributed by atoms with van der Waals surface area (Å²) in [5.74, 6) is -1.59. The molecule has 2 aromatic carbocycles. The highest BCUT2D eigenvalue weighted by molar-refractivity contribution is 7.92. The maximum Gasteiger partial charge on any atom is 0.279 e. The van der Waals surface area contributed by atoms with Gasteiger partial charge < -0.3 is 19.3 Å². The molecule has 0 spiro atoms. The third-order valence-electron chi connectivity index (χ3n) is 6.33. The Hall–Kier alpha value is -5.25. The number of sulfonamides is 1. The smallest absolute Gasteiger partial charge is 0.279 e. The number of halogens is 1. The Bertz CT molecular complexity index is 1880. The van der Waals surface area contributed by atoms with E-state index in [-0.39, 0.29) is 41.7 Å². The molecular weight excluding hydrogens is 583 g/mol. The van der Waals surface area contributed by atoms with Gasteiger partial charge in [0.25, 0.3) is 15.9 Å². The van der Waals surface area contributed by atoms with Crippen molar-refractivity contribution >= 4 is 32.7 Å². The van der Waals surface area contributed by atoms with Crippen molar-refractivity contribution in [2.75, 3.05) is 11.8 Å². The van der Waals surface area contributed by atoms with Gasteiger partial charge in [-0.15, -0.1) is 0 Å². The Balaban J connectivity index is 1.38. The number of ether oxygens (including phenoxy) is 2. The van der Waals surface area contributed by atoms with Crippen LogP contribution in [0.2, 0.25) is 0 Å². The van der Waals surface area contributed by atoms with Crippen LogP contribution in [0.25, 0.3) is 11.0 Å². The number of amides is 1. The van der Waals surface area contributed by atoms with E-state index in [4.69, 9.17) is 14.0 Å². The van der Waals surface area contributed by atoms with Gasteiger partial charge in [-0.2, -0.15) is 20.5 Å². The first-order chi connectivity index (χ1) is 20.7. The number of carbonyl (C=O) groups is 1. The number of aromatic nitrogens is 6. The second kappa shape index (κ2) is 12.3. The molecule has 0 unspecified atom stereocenters. The minimum absolute atomic E-state index is 0.00768. The van der Waals surface area contributed by atoms with Gasteiger partial charge in [-0.1, -0.05) is 24.7 Å². The van der Waals surface area contributed by atoms with Crippen LogP contribution in [-0.4, -0.2) is 51.8 Å². The fourth-order valence-electron chi connectivity index (χ4n) is 4.19. The Morgan fingerprint density at radius 3 is 2.72 bits per heavy atom. The molecule has 5 aromatic rings. The first-order valence-electron chi connectivity index (χ1n) is 12.9. The Kier molecular flexibility index (Phi) is 8.38. The average molecular weight is 611 g/mol. The summed E-state index contributed by atoms with van der Waals surface area (Å²) in [6.07, 6.45) is 5.31. The monoisotopic (exact) mass is 610 g/mol. The van der Waals surface area contributed by atoms with Gasteiger partial charge in [0, 0.05) is 18.3 Å². The van der Waals surface area contributed by atoms with E-state index in [9.17, 15) is 17.6 Å². The van der Waals surface area contributed by atoms with Crippen LogP contribution in [-0.2, 0) is 40.9 Å². The number of aromatic amines is 1. The highest BCUT2D eigenvalue weighted by atomic mass is 32.2. The number of hydrogen-bond donors (Lipinski definition) is 3. The van der Waals surface area contributed by atoms with Crippen LogP contribution in [0.15, 0.2) is 70.7 Å². The Morgan fingerprint density at radius 1 is 1.16 bits per heavy atom. The number of rotatable bonds is 13.